The van der Waals surface area contributed by atoms with Crippen LogP contribution in [0.1, 0.15) is 52.9 Å². The maximum Gasteiger partial charge on any atom is 0.0133 e. The van der Waals surface area contributed by atoms with Gasteiger partial charge in [0.15, 0.2) is 0 Å². The third-order valence-corrected chi connectivity index (χ3v) is 3.50. The van der Waals surface area contributed by atoms with E-state index in [9.17, 15) is 0 Å². The average molecular weight is 221 g/mol. The van der Waals surface area contributed by atoms with Crippen LogP contribution in [0.4, 0.5) is 0 Å². The SMILES string of the molecule is CC.CC(C1=CCCC=C1)C1CCCCN1. The van der Waals surface area contributed by atoms with Crippen molar-refractivity contribution < 1.29 is 0 Å². The smallest absolute Gasteiger partial charge is 0.0133 e. The number of piperidine rings is 1. The summed E-state index contributed by atoms with van der Waals surface area (Å²) in [5.74, 6) is 0.701. The fourth-order valence-electron chi connectivity index (χ4n) is 2.51. The third-order valence-electron chi connectivity index (χ3n) is 3.50. The molecule has 1 heterocycles. The quantitative estimate of drug-likeness (QED) is 0.741. The fourth-order valence-corrected chi connectivity index (χ4v) is 2.51. The summed E-state index contributed by atoms with van der Waals surface area (Å²) in [4.78, 5) is 0. The van der Waals surface area contributed by atoms with Crippen LogP contribution in [-0.4, -0.2) is 12.6 Å². The van der Waals surface area contributed by atoms with Crippen LogP contribution >= 0.6 is 0 Å². The molecule has 2 aliphatic rings. The maximum atomic E-state index is 3.64. The highest BCUT2D eigenvalue weighted by Gasteiger charge is 2.21. The lowest BCUT2D eigenvalue weighted by molar-refractivity contribution is 0.339. The molecule has 2 atom stereocenters. The number of hydrogen-bond donors (Lipinski definition) is 1. The van der Waals surface area contributed by atoms with Gasteiger partial charge in [0.1, 0.15) is 0 Å². The summed E-state index contributed by atoms with van der Waals surface area (Å²) in [5, 5.41) is 3.64. The molecule has 1 saturated heterocycles. The van der Waals surface area contributed by atoms with Gasteiger partial charge in [0.05, 0.1) is 0 Å². The van der Waals surface area contributed by atoms with Crippen LogP contribution in [0.3, 0.4) is 0 Å². The van der Waals surface area contributed by atoms with E-state index >= 15 is 0 Å². The van der Waals surface area contributed by atoms with Crippen molar-refractivity contribution in [2.24, 2.45) is 5.92 Å². The molecule has 1 aliphatic carbocycles. The lowest BCUT2D eigenvalue weighted by Gasteiger charge is -2.30. The van der Waals surface area contributed by atoms with E-state index in [2.05, 4.69) is 30.5 Å². The highest BCUT2D eigenvalue weighted by Crippen LogP contribution is 2.25. The fraction of sp³-hybridized carbons (Fsp3) is 0.733. The zero-order chi connectivity index (χ0) is 11.8. The van der Waals surface area contributed by atoms with Crippen molar-refractivity contribution in [1.29, 1.82) is 0 Å². The Hall–Kier alpha value is -0.560. The van der Waals surface area contributed by atoms with Crippen LogP contribution in [0.25, 0.3) is 0 Å². The second kappa shape index (κ2) is 7.67. The van der Waals surface area contributed by atoms with Crippen molar-refractivity contribution in [3.05, 3.63) is 23.8 Å². The Morgan fingerprint density at radius 3 is 2.62 bits per heavy atom. The molecule has 1 heteroatoms. The topological polar surface area (TPSA) is 12.0 Å². The second-order valence-electron chi connectivity index (χ2n) is 4.53. The van der Waals surface area contributed by atoms with Crippen molar-refractivity contribution in [1.82, 2.24) is 5.32 Å². The molecule has 1 fully saturated rings. The Morgan fingerprint density at radius 2 is 2.06 bits per heavy atom. The van der Waals surface area contributed by atoms with Crippen molar-refractivity contribution >= 4 is 0 Å². The van der Waals surface area contributed by atoms with Gasteiger partial charge in [-0.25, -0.2) is 0 Å². The Labute approximate surface area is 101 Å². The summed E-state index contributed by atoms with van der Waals surface area (Å²) in [5.41, 5.74) is 1.55. The largest absolute Gasteiger partial charge is 0.313 e. The van der Waals surface area contributed by atoms with Gasteiger partial charge in [0.2, 0.25) is 0 Å². The van der Waals surface area contributed by atoms with Crippen LogP contribution in [0, 0.1) is 5.92 Å². The molecule has 2 rings (SSSR count). The van der Waals surface area contributed by atoms with E-state index < -0.39 is 0 Å². The lowest BCUT2D eigenvalue weighted by atomic mass is 9.85. The molecule has 0 aromatic rings. The highest BCUT2D eigenvalue weighted by molar-refractivity contribution is 5.25. The van der Waals surface area contributed by atoms with E-state index in [-0.39, 0.29) is 0 Å². The van der Waals surface area contributed by atoms with Crippen LogP contribution in [0.15, 0.2) is 23.8 Å². The molecular formula is C15H27N. The van der Waals surface area contributed by atoms with Crippen molar-refractivity contribution in [3.8, 4) is 0 Å². The summed E-state index contributed by atoms with van der Waals surface area (Å²) in [6, 6.07) is 0.720. The van der Waals surface area contributed by atoms with Gasteiger partial charge in [-0.1, -0.05) is 45.4 Å². The standard InChI is InChI=1S/C13H21N.C2H6/c1-11(12-7-3-2-4-8-12)13-9-5-6-10-14-13;1-2/h3,7-8,11,13-14H,2,4-6,9-10H2,1H3;1-2H3. The van der Waals surface area contributed by atoms with Gasteiger partial charge in [0.25, 0.3) is 0 Å². The molecule has 0 spiro atoms. The van der Waals surface area contributed by atoms with Crippen molar-refractivity contribution in [2.45, 2.75) is 58.9 Å². The summed E-state index contributed by atoms with van der Waals surface area (Å²) in [6.45, 7) is 7.58. The Balaban J connectivity index is 0.000000606. The number of rotatable bonds is 2. The van der Waals surface area contributed by atoms with E-state index in [1.165, 1.54) is 38.6 Å². The van der Waals surface area contributed by atoms with E-state index in [4.69, 9.17) is 0 Å². The Kier molecular flexibility index (Phi) is 6.47. The molecule has 92 valence electrons. The molecule has 1 N–H and O–H groups in total. The van der Waals surface area contributed by atoms with E-state index in [0.29, 0.717) is 5.92 Å². The zero-order valence-electron chi connectivity index (χ0n) is 11.1. The molecule has 0 radical (unpaired) electrons. The molecule has 16 heavy (non-hydrogen) atoms. The molecular weight excluding hydrogens is 194 g/mol. The molecule has 0 saturated carbocycles. The van der Waals surface area contributed by atoms with Crippen LogP contribution in [0.5, 0.6) is 0 Å². The minimum atomic E-state index is 0.701. The zero-order valence-corrected chi connectivity index (χ0v) is 11.1. The molecule has 0 bridgehead atoms. The predicted octanol–water partition coefficient (Wildman–Crippen LogP) is 4.07. The van der Waals surface area contributed by atoms with Crippen LogP contribution in [0.2, 0.25) is 0 Å². The van der Waals surface area contributed by atoms with Crippen molar-refractivity contribution in [2.75, 3.05) is 6.54 Å². The summed E-state index contributed by atoms with van der Waals surface area (Å²) < 4.78 is 0. The molecule has 1 nitrogen and oxygen atoms in total. The Bertz CT molecular complexity index is 234. The van der Waals surface area contributed by atoms with Gasteiger partial charge in [-0.2, -0.15) is 0 Å². The van der Waals surface area contributed by atoms with Gasteiger partial charge in [-0.05, 0) is 43.7 Å². The molecule has 2 unspecified atom stereocenters. The van der Waals surface area contributed by atoms with E-state index in [1.54, 1.807) is 5.57 Å². The van der Waals surface area contributed by atoms with E-state index in [1.807, 2.05) is 13.8 Å². The third kappa shape index (κ3) is 3.79. The molecule has 0 aromatic carbocycles. The molecule has 0 amide bonds. The summed E-state index contributed by atoms with van der Waals surface area (Å²) in [7, 11) is 0. The minimum absolute atomic E-state index is 0.701. The highest BCUT2D eigenvalue weighted by atomic mass is 14.9. The maximum absolute atomic E-state index is 3.64. The first kappa shape index (κ1) is 13.5. The minimum Gasteiger partial charge on any atom is -0.313 e. The lowest BCUT2D eigenvalue weighted by Crippen LogP contribution is -2.39. The first-order valence-corrected chi connectivity index (χ1v) is 6.98. The number of nitrogens with one attached hydrogen (secondary N) is 1. The monoisotopic (exact) mass is 221 g/mol. The van der Waals surface area contributed by atoms with Crippen molar-refractivity contribution in [3.63, 3.8) is 0 Å². The normalized spacial score (nSPS) is 26.4. The predicted molar refractivity (Wildman–Crippen MR) is 72.6 cm³/mol. The Morgan fingerprint density at radius 1 is 1.25 bits per heavy atom. The summed E-state index contributed by atoms with van der Waals surface area (Å²) >= 11 is 0. The first-order chi connectivity index (χ1) is 7.88. The van der Waals surface area contributed by atoms with Crippen LogP contribution in [-0.2, 0) is 0 Å². The average Bonchev–Trinajstić information content (AvgIpc) is 2.42. The second-order valence-corrected chi connectivity index (χ2v) is 4.53. The molecule has 0 aromatic heterocycles. The van der Waals surface area contributed by atoms with Crippen LogP contribution < -0.4 is 5.32 Å². The number of hydrogen-bond acceptors (Lipinski definition) is 1. The van der Waals surface area contributed by atoms with Gasteiger partial charge < -0.3 is 5.32 Å². The number of allylic oxidation sites excluding steroid dienone is 3. The van der Waals surface area contributed by atoms with Gasteiger partial charge in [-0.15, -0.1) is 0 Å². The molecule has 1 aliphatic heterocycles. The van der Waals surface area contributed by atoms with E-state index in [0.717, 1.165) is 6.04 Å². The van der Waals surface area contributed by atoms with Gasteiger partial charge >= 0.3 is 0 Å². The first-order valence-electron chi connectivity index (χ1n) is 6.98. The van der Waals surface area contributed by atoms with Gasteiger partial charge in [0, 0.05) is 6.04 Å². The van der Waals surface area contributed by atoms with Gasteiger partial charge in [-0.3, -0.25) is 0 Å². The summed E-state index contributed by atoms with van der Waals surface area (Å²) in [6.07, 6.45) is 13.6.